The minimum absolute atomic E-state index is 0.608. The fourth-order valence-corrected chi connectivity index (χ4v) is 2.40. The van der Waals surface area contributed by atoms with Crippen LogP contribution in [-0.4, -0.2) is 37.9 Å². The molecule has 1 heterocycles. The lowest BCUT2D eigenvalue weighted by atomic mass is 10.1. The molecule has 19 heavy (non-hydrogen) atoms. The van der Waals surface area contributed by atoms with E-state index in [0.29, 0.717) is 5.92 Å². The molecular formula is C15H19NO3. The van der Waals surface area contributed by atoms with E-state index in [4.69, 9.17) is 9.84 Å². The Balaban J connectivity index is 1.97. The van der Waals surface area contributed by atoms with Crippen LogP contribution in [-0.2, 0) is 9.53 Å². The van der Waals surface area contributed by atoms with Crippen LogP contribution in [0.5, 0.6) is 0 Å². The van der Waals surface area contributed by atoms with E-state index in [1.807, 2.05) is 24.3 Å². The Labute approximate surface area is 113 Å². The lowest BCUT2D eigenvalue weighted by Gasteiger charge is -2.18. The third-order valence-electron chi connectivity index (χ3n) is 3.36. The normalized spacial score (nSPS) is 19.2. The molecule has 1 aromatic carbocycles. The van der Waals surface area contributed by atoms with Crippen LogP contribution in [0.1, 0.15) is 12.0 Å². The second kappa shape index (κ2) is 6.38. The number of hydrogen-bond acceptors (Lipinski definition) is 3. The predicted molar refractivity (Wildman–Crippen MR) is 75.3 cm³/mol. The largest absolute Gasteiger partial charge is 0.478 e. The first-order chi connectivity index (χ1) is 9.19. The molecular weight excluding hydrogens is 242 g/mol. The molecule has 1 saturated heterocycles. The van der Waals surface area contributed by atoms with Gasteiger partial charge in [0.05, 0.1) is 6.61 Å². The van der Waals surface area contributed by atoms with Gasteiger partial charge in [-0.25, -0.2) is 4.79 Å². The van der Waals surface area contributed by atoms with Gasteiger partial charge >= 0.3 is 5.97 Å². The fourth-order valence-electron chi connectivity index (χ4n) is 2.40. The minimum Gasteiger partial charge on any atom is -0.478 e. The van der Waals surface area contributed by atoms with Gasteiger partial charge in [0.15, 0.2) is 0 Å². The van der Waals surface area contributed by atoms with Crippen LogP contribution in [0.3, 0.4) is 0 Å². The monoisotopic (exact) mass is 261 g/mol. The zero-order valence-corrected chi connectivity index (χ0v) is 11.1. The summed E-state index contributed by atoms with van der Waals surface area (Å²) in [7, 11) is 1.74. The van der Waals surface area contributed by atoms with Crippen molar-refractivity contribution in [3.05, 3.63) is 35.9 Å². The molecule has 102 valence electrons. The van der Waals surface area contributed by atoms with Crippen LogP contribution in [0.4, 0.5) is 5.69 Å². The van der Waals surface area contributed by atoms with Gasteiger partial charge in [-0.3, -0.25) is 0 Å². The molecule has 1 atom stereocenters. The number of hydrogen-bond donors (Lipinski definition) is 1. The zero-order chi connectivity index (χ0) is 13.7. The summed E-state index contributed by atoms with van der Waals surface area (Å²) in [6.45, 7) is 2.90. The number of nitrogens with zero attached hydrogens (tertiary/aromatic N) is 1. The average Bonchev–Trinajstić information content (AvgIpc) is 2.86. The topological polar surface area (TPSA) is 49.8 Å². The first kappa shape index (κ1) is 13.6. The highest BCUT2D eigenvalue weighted by Gasteiger charge is 2.22. The van der Waals surface area contributed by atoms with E-state index < -0.39 is 5.97 Å². The molecule has 4 nitrogen and oxygen atoms in total. The Hall–Kier alpha value is -1.81. The third-order valence-corrected chi connectivity index (χ3v) is 3.36. The number of aliphatic carboxylic acids is 1. The van der Waals surface area contributed by atoms with Crippen molar-refractivity contribution in [1.29, 1.82) is 0 Å². The van der Waals surface area contributed by atoms with Crippen LogP contribution in [0.25, 0.3) is 6.08 Å². The number of methoxy groups -OCH3 is 1. The summed E-state index contributed by atoms with van der Waals surface area (Å²) in [4.78, 5) is 12.8. The maximum absolute atomic E-state index is 10.4. The third kappa shape index (κ3) is 3.83. The fraction of sp³-hybridized carbons (Fsp3) is 0.400. The van der Waals surface area contributed by atoms with Gasteiger partial charge in [-0.2, -0.15) is 0 Å². The predicted octanol–water partition coefficient (Wildman–Crippen LogP) is 2.26. The van der Waals surface area contributed by atoms with E-state index in [-0.39, 0.29) is 0 Å². The number of ether oxygens (including phenoxy) is 1. The minimum atomic E-state index is -0.925. The Morgan fingerprint density at radius 2 is 2.21 bits per heavy atom. The Morgan fingerprint density at radius 1 is 1.47 bits per heavy atom. The van der Waals surface area contributed by atoms with E-state index in [0.717, 1.165) is 37.8 Å². The van der Waals surface area contributed by atoms with Crippen LogP contribution in [0.2, 0.25) is 0 Å². The van der Waals surface area contributed by atoms with Crippen LogP contribution in [0.15, 0.2) is 30.3 Å². The highest BCUT2D eigenvalue weighted by Crippen LogP contribution is 2.24. The summed E-state index contributed by atoms with van der Waals surface area (Å²) < 4.78 is 5.19. The Kier molecular flexibility index (Phi) is 4.58. The number of benzene rings is 1. The highest BCUT2D eigenvalue weighted by molar-refractivity contribution is 5.85. The average molecular weight is 261 g/mol. The summed E-state index contributed by atoms with van der Waals surface area (Å²) in [5.74, 6) is -0.317. The van der Waals surface area contributed by atoms with Gasteiger partial charge in [0, 0.05) is 37.9 Å². The van der Waals surface area contributed by atoms with E-state index in [1.165, 1.54) is 5.69 Å². The molecule has 1 unspecified atom stereocenters. The Morgan fingerprint density at radius 3 is 2.84 bits per heavy atom. The van der Waals surface area contributed by atoms with Crippen molar-refractivity contribution in [2.45, 2.75) is 6.42 Å². The first-order valence-electron chi connectivity index (χ1n) is 6.44. The molecule has 1 fully saturated rings. The molecule has 0 bridgehead atoms. The van der Waals surface area contributed by atoms with Gasteiger partial charge < -0.3 is 14.7 Å². The van der Waals surface area contributed by atoms with Gasteiger partial charge in [-0.15, -0.1) is 0 Å². The molecule has 0 amide bonds. The van der Waals surface area contributed by atoms with Crippen molar-refractivity contribution in [3.63, 3.8) is 0 Å². The second-order valence-electron chi connectivity index (χ2n) is 4.82. The number of anilines is 1. The number of rotatable bonds is 5. The number of carboxylic acids is 1. The SMILES string of the molecule is COCC1CCN(c2ccc(C=CC(=O)O)cc2)C1. The molecule has 0 aliphatic carbocycles. The zero-order valence-electron chi connectivity index (χ0n) is 11.1. The molecule has 1 aliphatic heterocycles. The molecule has 4 heteroatoms. The summed E-state index contributed by atoms with van der Waals surface area (Å²) in [6, 6.07) is 7.96. The standard InChI is InChI=1S/C15H19NO3/c1-19-11-13-8-9-16(10-13)14-5-2-12(3-6-14)4-7-15(17)18/h2-7,13H,8-11H2,1H3,(H,17,18). The Bertz CT molecular complexity index is 453. The van der Waals surface area contributed by atoms with Crippen molar-refractivity contribution in [3.8, 4) is 0 Å². The molecule has 1 N–H and O–H groups in total. The van der Waals surface area contributed by atoms with Gasteiger partial charge in [0.25, 0.3) is 0 Å². The van der Waals surface area contributed by atoms with Crippen LogP contribution >= 0.6 is 0 Å². The highest BCUT2D eigenvalue weighted by atomic mass is 16.5. The molecule has 0 saturated carbocycles. The van der Waals surface area contributed by atoms with Crippen molar-refractivity contribution < 1.29 is 14.6 Å². The van der Waals surface area contributed by atoms with E-state index in [1.54, 1.807) is 13.2 Å². The van der Waals surface area contributed by atoms with Crippen molar-refractivity contribution in [1.82, 2.24) is 0 Å². The maximum Gasteiger partial charge on any atom is 0.328 e. The molecule has 0 spiro atoms. The molecule has 1 aromatic rings. The van der Waals surface area contributed by atoms with Gasteiger partial charge in [0.1, 0.15) is 0 Å². The number of carbonyl (C=O) groups is 1. The molecule has 2 rings (SSSR count). The van der Waals surface area contributed by atoms with Crippen molar-refractivity contribution in [2.75, 3.05) is 31.7 Å². The summed E-state index contributed by atoms with van der Waals surface area (Å²) >= 11 is 0. The van der Waals surface area contributed by atoms with E-state index >= 15 is 0 Å². The van der Waals surface area contributed by atoms with Crippen LogP contribution < -0.4 is 4.90 Å². The lowest BCUT2D eigenvalue weighted by molar-refractivity contribution is -0.131. The first-order valence-corrected chi connectivity index (χ1v) is 6.44. The van der Waals surface area contributed by atoms with Crippen molar-refractivity contribution in [2.24, 2.45) is 5.92 Å². The van der Waals surface area contributed by atoms with Gasteiger partial charge in [0.2, 0.25) is 0 Å². The molecule has 0 radical (unpaired) electrons. The van der Waals surface area contributed by atoms with Gasteiger partial charge in [-0.05, 0) is 30.2 Å². The van der Waals surface area contributed by atoms with E-state index in [2.05, 4.69) is 4.90 Å². The lowest BCUT2D eigenvalue weighted by Crippen LogP contribution is -2.20. The maximum atomic E-state index is 10.4. The second-order valence-corrected chi connectivity index (χ2v) is 4.82. The summed E-state index contributed by atoms with van der Waals surface area (Å²) in [5.41, 5.74) is 2.09. The van der Waals surface area contributed by atoms with Crippen LogP contribution in [0, 0.1) is 5.92 Å². The number of carboxylic acid groups (broad SMARTS) is 1. The summed E-state index contributed by atoms with van der Waals surface area (Å²) in [6.07, 6.45) is 3.91. The van der Waals surface area contributed by atoms with E-state index in [9.17, 15) is 4.79 Å². The van der Waals surface area contributed by atoms with Gasteiger partial charge in [-0.1, -0.05) is 12.1 Å². The smallest absolute Gasteiger partial charge is 0.328 e. The van der Waals surface area contributed by atoms with Crippen molar-refractivity contribution >= 4 is 17.7 Å². The summed E-state index contributed by atoms with van der Waals surface area (Å²) in [5, 5.41) is 8.57. The molecule has 1 aliphatic rings. The quantitative estimate of drug-likeness (QED) is 0.826. The molecule has 0 aromatic heterocycles.